The summed E-state index contributed by atoms with van der Waals surface area (Å²) >= 11 is 0. The monoisotopic (exact) mass is 218 g/mol. The molecule has 1 saturated heterocycles. The minimum atomic E-state index is 0.0358. The Morgan fingerprint density at radius 2 is 2.12 bits per heavy atom. The van der Waals surface area contributed by atoms with Crippen molar-refractivity contribution in [1.82, 2.24) is 10.6 Å². The van der Waals surface area contributed by atoms with E-state index in [1.54, 1.807) is 0 Å². The third-order valence-corrected chi connectivity index (χ3v) is 2.95. The number of hydrogen-bond acceptors (Lipinski definition) is 2. The molecule has 16 heavy (non-hydrogen) atoms. The summed E-state index contributed by atoms with van der Waals surface area (Å²) in [5.41, 5.74) is 1.92. The van der Waals surface area contributed by atoms with E-state index in [1.165, 1.54) is 5.56 Å². The molecule has 0 unspecified atom stereocenters. The van der Waals surface area contributed by atoms with Gasteiger partial charge < -0.3 is 10.6 Å². The maximum Gasteiger partial charge on any atom is 0.251 e. The average molecular weight is 218 g/mol. The molecule has 2 N–H and O–H groups in total. The zero-order valence-corrected chi connectivity index (χ0v) is 9.62. The van der Waals surface area contributed by atoms with Crippen LogP contribution in [0.5, 0.6) is 0 Å². The molecule has 1 atom stereocenters. The van der Waals surface area contributed by atoms with Crippen molar-refractivity contribution < 1.29 is 4.79 Å². The largest absolute Gasteiger partial charge is 0.348 e. The summed E-state index contributed by atoms with van der Waals surface area (Å²) in [4.78, 5) is 11.9. The first-order valence-corrected chi connectivity index (χ1v) is 5.84. The molecular formula is C13H18N2O. The zero-order valence-electron chi connectivity index (χ0n) is 9.62. The number of benzene rings is 1. The number of carbonyl (C=O) groups is 1. The van der Waals surface area contributed by atoms with Crippen LogP contribution >= 0.6 is 0 Å². The van der Waals surface area contributed by atoms with Crippen LogP contribution in [0.4, 0.5) is 0 Å². The zero-order chi connectivity index (χ0) is 11.4. The molecular weight excluding hydrogens is 200 g/mol. The Labute approximate surface area is 96.2 Å². The highest BCUT2D eigenvalue weighted by Crippen LogP contribution is 2.06. The lowest BCUT2D eigenvalue weighted by Gasteiger charge is -2.23. The van der Waals surface area contributed by atoms with Gasteiger partial charge in [-0.15, -0.1) is 0 Å². The SMILES string of the molecule is Cc1ccc(C(=O)N[C@H]2CCCNC2)cc1. The van der Waals surface area contributed by atoms with Gasteiger partial charge in [-0.1, -0.05) is 17.7 Å². The summed E-state index contributed by atoms with van der Waals surface area (Å²) in [6, 6.07) is 7.96. The van der Waals surface area contributed by atoms with Crippen molar-refractivity contribution in [2.75, 3.05) is 13.1 Å². The van der Waals surface area contributed by atoms with Crippen molar-refractivity contribution in [2.45, 2.75) is 25.8 Å². The molecule has 0 saturated carbocycles. The van der Waals surface area contributed by atoms with Crippen LogP contribution in [0, 0.1) is 6.92 Å². The van der Waals surface area contributed by atoms with Gasteiger partial charge in [0.2, 0.25) is 0 Å². The van der Waals surface area contributed by atoms with Crippen molar-refractivity contribution in [3.8, 4) is 0 Å². The van der Waals surface area contributed by atoms with E-state index in [9.17, 15) is 4.79 Å². The van der Waals surface area contributed by atoms with Crippen molar-refractivity contribution >= 4 is 5.91 Å². The standard InChI is InChI=1S/C13H18N2O/c1-10-4-6-11(7-5-10)13(16)15-12-3-2-8-14-9-12/h4-7,12,14H,2-3,8-9H2,1H3,(H,15,16)/t12-/m0/s1. The molecule has 3 heteroatoms. The molecule has 2 rings (SSSR count). The second-order valence-corrected chi connectivity index (χ2v) is 4.38. The van der Waals surface area contributed by atoms with E-state index in [4.69, 9.17) is 0 Å². The van der Waals surface area contributed by atoms with Crippen LogP contribution in [0.15, 0.2) is 24.3 Å². The first-order valence-electron chi connectivity index (χ1n) is 5.84. The number of piperidine rings is 1. The molecule has 1 fully saturated rings. The molecule has 1 aliphatic heterocycles. The van der Waals surface area contributed by atoms with Crippen LogP contribution < -0.4 is 10.6 Å². The van der Waals surface area contributed by atoms with E-state index in [-0.39, 0.29) is 11.9 Å². The molecule has 0 aromatic heterocycles. The van der Waals surface area contributed by atoms with E-state index in [2.05, 4.69) is 10.6 Å². The van der Waals surface area contributed by atoms with Gasteiger partial charge in [-0.2, -0.15) is 0 Å². The van der Waals surface area contributed by atoms with Gasteiger partial charge in [-0.3, -0.25) is 4.79 Å². The summed E-state index contributed by atoms with van der Waals surface area (Å²) in [6.45, 7) is 3.97. The maximum absolute atomic E-state index is 11.9. The lowest BCUT2D eigenvalue weighted by Crippen LogP contribution is -2.45. The van der Waals surface area contributed by atoms with Gasteiger partial charge in [-0.25, -0.2) is 0 Å². The van der Waals surface area contributed by atoms with Crippen molar-refractivity contribution in [3.63, 3.8) is 0 Å². The van der Waals surface area contributed by atoms with E-state index in [0.717, 1.165) is 31.5 Å². The second kappa shape index (κ2) is 5.12. The smallest absolute Gasteiger partial charge is 0.251 e. The van der Waals surface area contributed by atoms with Crippen LogP contribution in [0.25, 0.3) is 0 Å². The summed E-state index contributed by atoms with van der Waals surface area (Å²) in [6.07, 6.45) is 2.21. The fourth-order valence-electron chi connectivity index (χ4n) is 1.95. The minimum Gasteiger partial charge on any atom is -0.348 e. The third-order valence-electron chi connectivity index (χ3n) is 2.95. The number of rotatable bonds is 2. The van der Waals surface area contributed by atoms with Gasteiger partial charge in [0.25, 0.3) is 5.91 Å². The van der Waals surface area contributed by atoms with E-state index < -0.39 is 0 Å². The third kappa shape index (κ3) is 2.83. The molecule has 86 valence electrons. The number of carbonyl (C=O) groups excluding carboxylic acids is 1. The lowest BCUT2D eigenvalue weighted by atomic mass is 10.1. The Hall–Kier alpha value is -1.35. The number of amides is 1. The number of nitrogens with one attached hydrogen (secondary N) is 2. The van der Waals surface area contributed by atoms with Crippen molar-refractivity contribution in [3.05, 3.63) is 35.4 Å². The Balaban J connectivity index is 1.94. The quantitative estimate of drug-likeness (QED) is 0.789. The van der Waals surface area contributed by atoms with Gasteiger partial charge in [0, 0.05) is 18.2 Å². The van der Waals surface area contributed by atoms with Gasteiger partial charge >= 0.3 is 0 Å². The molecule has 0 bridgehead atoms. The summed E-state index contributed by atoms with van der Waals surface area (Å²) < 4.78 is 0. The van der Waals surface area contributed by atoms with Gasteiger partial charge in [0.1, 0.15) is 0 Å². The molecule has 1 aromatic rings. The molecule has 0 aliphatic carbocycles. The highest BCUT2D eigenvalue weighted by atomic mass is 16.1. The highest BCUT2D eigenvalue weighted by molar-refractivity contribution is 5.94. The van der Waals surface area contributed by atoms with Gasteiger partial charge in [-0.05, 0) is 38.4 Å². The van der Waals surface area contributed by atoms with Crippen LogP contribution in [0.2, 0.25) is 0 Å². The van der Waals surface area contributed by atoms with Crippen LogP contribution in [0.3, 0.4) is 0 Å². The lowest BCUT2D eigenvalue weighted by molar-refractivity contribution is 0.0930. The van der Waals surface area contributed by atoms with E-state index in [1.807, 2.05) is 31.2 Å². The maximum atomic E-state index is 11.9. The van der Waals surface area contributed by atoms with Crippen LogP contribution in [0.1, 0.15) is 28.8 Å². The highest BCUT2D eigenvalue weighted by Gasteiger charge is 2.15. The summed E-state index contributed by atoms with van der Waals surface area (Å²) in [5.74, 6) is 0.0358. The summed E-state index contributed by atoms with van der Waals surface area (Å²) in [7, 11) is 0. The average Bonchev–Trinajstić information content (AvgIpc) is 2.31. The Kier molecular flexibility index (Phi) is 3.57. The summed E-state index contributed by atoms with van der Waals surface area (Å²) in [5, 5.41) is 6.34. The first kappa shape index (κ1) is 11.1. The van der Waals surface area contributed by atoms with Crippen LogP contribution in [-0.2, 0) is 0 Å². The minimum absolute atomic E-state index is 0.0358. The first-order chi connectivity index (χ1) is 7.75. The number of hydrogen-bond donors (Lipinski definition) is 2. The van der Waals surface area contributed by atoms with E-state index in [0.29, 0.717) is 0 Å². The molecule has 1 heterocycles. The molecule has 1 amide bonds. The fraction of sp³-hybridized carbons (Fsp3) is 0.462. The van der Waals surface area contributed by atoms with Gasteiger partial charge in [0.05, 0.1) is 0 Å². The molecule has 3 nitrogen and oxygen atoms in total. The van der Waals surface area contributed by atoms with Crippen molar-refractivity contribution in [1.29, 1.82) is 0 Å². The van der Waals surface area contributed by atoms with Crippen molar-refractivity contribution in [2.24, 2.45) is 0 Å². The normalized spacial score (nSPS) is 20.4. The molecule has 0 radical (unpaired) electrons. The second-order valence-electron chi connectivity index (χ2n) is 4.38. The Morgan fingerprint density at radius 1 is 1.38 bits per heavy atom. The molecule has 1 aliphatic rings. The predicted molar refractivity (Wildman–Crippen MR) is 64.5 cm³/mol. The number of aryl methyl sites for hydroxylation is 1. The topological polar surface area (TPSA) is 41.1 Å². The molecule has 1 aromatic carbocycles. The van der Waals surface area contributed by atoms with Gasteiger partial charge in [0.15, 0.2) is 0 Å². The Morgan fingerprint density at radius 3 is 2.75 bits per heavy atom. The fourth-order valence-corrected chi connectivity index (χ4v) is 1.95. The molecule has 0 spiro atoms. The van der Waals surface area contributed by atoms with Crippen LogP contribution in [-0.4, -0.2) is 25.0 Å². The van der Waals surface area contributed by atoms with E-state index >= 15 is 0 Å². The Bertz CT molecular complexity index is 353. The predicted octanol–water partition coefficient (Wildman–Crippen LogP) is 1.48.